The maximum absolute atomic E-state index is 13.9. The van der Waals surface area contributed by atoms with Crippen LogP contribution in [-0.4, -0.2) is 35.7 Å². The van der Waals surface area contributed by atoms with Gasteiger partial charge in [0.05, 0.1) is 47.1 Å². The molecule has 9 nitrogen and oxygen atoms in total. The molecule has 4 rings (SSSR count). The quantitative estimate of drug-likeness (QED) is 0.388. The molecule has 0 aliphatic rings. The molecule has 0 saturated heterocycles. The van der Waals surface area contributed by atoms with Crippen molar-refractivity contribution in [3.05, 3.63) is 81.7 Å². The first-order valence-electron chi connectivity index (χ1n) is 9.33. The summed E-state index contributed by atoms with van der Waals surface area (Å²) in [5.74, 6) is -1.69. The molecule has 0 atom stereocenters. The average Bonchev–Trinajstić information content (AvgIpc) is 3.47. The van der Waals surface area contributed by atoms with E-state index in [0.29, 0.717) is 4.68 Å². The van der Waals surface area contributed by atoms with Crippen LogP contribution in [-0.2, 0) is 12.7 Å². The maximum Gasteiger partial charge on any atom is 0.433 e. The Morgan fingerprint density at radius 1 is 1.18 bits per heavy atom. The fourth-order valence-corrected chi connectivity index (χ4v) is 3.48. The number of amides is 1. The van der Waals surface area contributed by atoms with Crippen LogP contribution in [0.4, 0.5) is 23.2 Å². The van der Waals surface area contributed by atoms with Crippen LogP contribution >= 0.6 is 15.9 Å². The molecular formula is C20H11BrF4N8O. The Bertz CT molecular complexity index is 1410. The van der Waals surface area contributed by atoms with Crippen LogP contribution in [0.3, 0.4) is 0 Å². The molecule has 172 valence electrons. The van der Waals surface area contributed by atoms with E-state index in [1.165, 1.54) is 30.6 Å². The van der Waals surface area contributed by atoms with Gasteiger partial charge in [0.15, 0.2) is 11.5 Å². The molecule has 0 radical (unpaired) electrons. The smallest absolute Gasteiger partial charge is 0.320 e. The van der Waals surface area contributed by atoms with Gasteiger partial charge in [0, 0.05) is 0 Å². The lowest BCUT2D eigenvalue weighted by Crippen LogP contribution is -2.22. The van der Waals surface area contributed by atoms with E-state index < -0.39 is 35.7 Å². The summed E-state index contributed by atoms with van der Waals surface area (Å²) in [5.41, 5.74) is -1.91. The largest absolute Gasteiger partial charge is 0.433 e. The highest BCUT2D eigenvalue weighted by molar-refractivity contribution is 9.10. The van der Waals surface area contributed by atoms with E-state index in [1.807, 2.05) is 6.07 Å². The molecule has 0 aliphatic heterocycles. The third kappa shape index (κ3) is 4.50. The van der Waals surface area contributed by atoms with E-state index >= 15 is 0 Å². The molecule has 1 N–H and O–H groups in total. The zero-order valence-corrected chi connectivity index (χ0v) is 18.3. The van der Waals surface area contributed by atoms with Gasteiger partial charge in [0.25, 0.3) is 5.91 Å². The molecule has 0 bridgehead atoms. The van der Waals surface area contributed by atoms with Crippen molar-refractivity contribution in [3.8, 4) is 11.9 Å². The van der Waals surface area contributed by atoms with Gasteiger partial charge in [-0.15, -0.1) is 4.80 Å². The van der Waals surface area contributed by atoms with Crippen molar-refractivity contribution in [2.24, 2.45) is 0 Å². The van der Waals surface area contributed by atoms with Gasteiger partial charge in [-0.3, -0.25) is 9.48 Å². The number of nitrogens with one attached hydrogen (secondary N) is 1. The Morgan fingerprint density at radius 2 is 1.91 bits per heavy atom. The zero-order valence-electron chi connectivity index (χ0n) is 16.8. The molecular weight excluding hydrogens is 524 g/mol. The molecule has 3 aromatic heterocycles. The second kappa shape index (κ2) is 9.02. The van der Waals surface area contributed by atoms with Crippen molar-refractivity contribution >= 4 is 27.5 Å². The van der Waals surface area contributed by atoms with Gasteiger partial charge in [0.2, 0.25) is 0 Å². The normalized spacial score (nSPS) is 11.3. The van der Waals surface area contributed by atoms with Crippen LogP contribution in [0.5, 0.6) is 0 Å². The van der Waals surface area contributed by atoms with Crippen LogP contribution in [0, 0.1) is 17.1 Å². The van der Waals surface area contributed by atoms with Gasteiger partial charge < -0.3 is 5.32 Å². The summed E-state index contributed by atoms with van der Waals surface area (Å²) in [6.45, 7) is -0.438. The molecule has 34 heavy (non-hydrogen) atoms. The Morgan fingerprint density at radius 3 is 2.59 bits per heavy atom. The Balaban J connectivity index is 1.65. The number of carbonyl (C=O) groups is 1. The van der Waals surface area contributed by atoms with Crippen LogP contribution in [0.2, 0.25) is 0 Å². The third-order valence-corrected chi connectivity index (χ3v) is 5.45. The number of benzene rings is 1. The van der Waals surface area contributed by atoms with Gasteiger partial charge in [-0.05, 0) is 33.6 Å². The molecule has 4 aromatic rings. The number of pyridine rings is 1. The number of aromatic nitrogens is 6. The van der Waals surface area contributed by atoms with Gasteiger partial charge in [-0.1, -0.05) is 12.1 Å². The van der Waals surface area contributed by atoms with E-state index in [2.05, 4.69) is 41.5 Å². The Labute approximate surface area is 196 Å². The summed E-state index contributed by atoms with van der Waals surface area (Å²) in [7, 11) is 0. The molecule has 0 aliphatic carbocycles. The van der Waals surface area contributed by atoms with Crippen molar-refractivity contribution in [2.45, 2.75) is 12.7 Å². The predicted molar refractivity (Wildman–Crippen MR) is 112 cm³/mol. The van der Waals surface area contributed by atoms with Crippen LogP contribution in [0.15, 0.2) is 53.5 Å². The molecule has 1 amide bonds. The van der Waals surface area contributed by atoms with Crippen molar-refractivity contribution in [2.75, 3.05) is 5.32 Å². The van der Waals surface area contributed by atoms with E-state index in [-0.39, 0.29) is 27.1 Å². The standard InChI is InChI=1S/C20H11BrF4N8O/c21-16-11(2-1-3-15(16)22)10-32-17(20(23,24)25)14(9-30-32)19(34)31-13-6-12(7-26)18(27-8-13)33-28-4-5-29-33/h1-6,8-9H,10H2,(H,31,34). The number of nitrogens with zero attached hydrogens (tertiary/aromatic N) is 7. The van der Waals surface area contributed by atoms with E-state index in [4.69, 9.17) is 0 Å². The molecule has 14 heteroatoms. The fraction of sp³-hybridized carbons (Fsp3) is 0.100. The number of anilines is 1. The lowest BCUT2D eigenvalue weighted by Gasteiger charge is -2.14. The molecule has 0 unspecified atom stereocenters. The summed E-state index contributed by atoms with van der Waals surface area (Å²) < 4.78 is 55.9. The first-order chi connectivity index (χ1) is 16.2. The second-order valence-electron chi connectivity index (χ2n) is 6.75. The Kier molecular flexibility index (Phi) is 6.12. The Hall–Kier alpha value is -4.12. The van der Waals surface area contributed by atoms with Crippen LogP contribution in [0.25, 0.3) is 5.82 Å². The van der Waals surface area contributed by atoms with E-state index in [0.717, 1.165) is 23.3 Å². The minimum Gasteiger partial charge on any atom is -0.320 e. The van der Waals surface area contributed by atoms with Gasteiger partial charge in [-0.2, -0.15) is 33.7 Å². The first kappa shape index (κ1) is 23.1. The highest BCUT2D eigenvalue weighted by Gasteiger charge is 2.40. The predicted octanol–water partition coefficient (Wildman–Crippen LogP) is 3.95. The number of halogens is 5. The molecule has 1 aromatic carbocycles. The summed E-state index contributed by atoms with van der Waals surface area (Å²) in [4.78, 5) is 17.8. The van der Waals surface area contributed by atoms with Crippen molar-refractivity contribution in [1.29, 1.82) is 5.26 Å². The fourth-order valence-electron chi connectivity index (χ4n) is 3.09. The minimum absolute atomic E-state index is 0.00788. The summed E-state index contributed by atoms with van der Waals surface area (Å²) in [6.07, 6.45) is -0.270. The molecule has 0 saturated carbocycles. The minimum atomic E-state index is -4.94. The topological polar surface area (TPSA) is 114 Å². The lowest BCUT2D eigenvalue weighted by molar-refractivity contribution is -0.144. The van der Waals surface area contributed by atoms with Gasteiger partial charge >= 0.3 is 6.18 Å². The van der Waals surface area contributed by atoms with Crippen molar-refractivity contribution < 1.29 is 22.4 Å². The average molecular weight is 535 g/mol. The van der Waals surface area contributed by atoms with Crippen LogP contribution in [0.1, 0.15) is 27.2 Å². The SMILES string of the molecule is N#Cc1cc(NC(=O)c2cnn(Cc3cccc(F)c3Br)c2C(F)(F)F)cnc1-n1nccn1. The first-order valence-corrected chi connectivity index (χ1v) is 10.1. The number of nitriles is 1. The molecule has 0 fully saturated rings. The second-order valence-corrected chi connectivity index (χ2v) is 7.55. The van der Waals surface area contributed by atoms with Gasteiger partial charge in [0.1, 0.15) is 17.4 Å². The number of rotatable bonds is 5. The molecule has 0 spiro atoms. The monoisotopic (exact) mass is 534 g/mol. The van der Waals surface area contributed by atoms with Crippen molar-refractivity contribution in [1.82, 2.24) is 29.8 Å². The van der Waals surface area contributed by atoms with Crippen molar-refractivity contribution in [3.63, 3.8) is 0 Å². The lowest BCUT2D eigenvalue weighted by atomic mass is 10.2. The third-order valence-electron chi connectivity index (χ3n) is 4.56. The number of hydrogen-bond acceptors (Lipinski definition) is 6. The summed E-state index contributed by atoms with van der Waals surface area (Å²) >= 11 is 3.01. The van der Waals surface area contributed by atoms with E-state index in [9.17, 15) is 27.6 Å². The summed E-state index contributed by atoms with van der Waals surface area (Å²) in [5, 5.41) is 23.1. The molecule has 3 heterocycles. The number of carbonyl (C=O) groups excluding carboxylic acids is 1. The van der Waals surface area contributed by atoms with E-state index in [1.54, 1.807) is 0 Å². The summed E-state index contributed by atoms with van der Waals surface area (Å²) in [6, 6.07) is 7.03. The number of alkyl halides is 3. The maximum atomic E-state index is 13.9. The highest BCUT2D eigenvalue weighted by Crippen LogP contribution is 2.33. The highest BCUT2D eigenvalue weighted by atomic mass is 79.9. The zero-order chi connectivity index (χ0) is 24.5. The van der Waals surface area contributed by atoms with Gasteiger partial charge in [-0.25, -0.2) is 9.37 Å². The van der Waals surface area contributed by atoms with Crippen LogP contribution < -0.4 is 5.32 Å². The number of hydrogen-bond donors (Lipinski definition) is 1.